The first-order valence-electron chi connectivity index (χ1n) is 18.5. The summed E-state index contributed by atoms with van der Waals surface area (Å²) in [6.07, 6.45) is 0. The van der Waals surface area contributed by atoms with Crippen molar-refractivity contribution in [1.29, 1.82) is 0 Å². The zero-order valence-corrected chi connectivity index (χ0v) is 29.7. The molecule has 0 saturated heterocycles. The highest BCUT2D eigenvalue weighted by atomic mass is 15.0. The minimum absolute atomic E-state index is 0.163. The molecule has 0 amide bonds. The molecule has 2 heteroatoms. The topological polar surface area (TPSA) is 9.86 Å². The van der Waals surface area contributed by atoms with Crippen molar-refractivity contribution in [1.82, 2.24) is 9.13 Å². The van der Waals surface area contributed by atoms with E-state index in [-0.39, 0.29) is 5.41 Å². The third kappa shape index (κ3) is 4.27. The van der Waals surface area contributed by atoms with Crippen molar-refractivity contribution in [3.05, 3.63) is 193 Å². The SMILES string of the molecule is CC1(C)c2ccccc2-c2c(-c3cccc4c5ccccc5n(-c5ccccc5)c34)cc(-c3ccc4c(c3)c3ccccc3n4-c3ccccc3)cc21. The lowest BCUT2D eigenvalue weighted by Crippen LogP contribution is -2.15. The highest BCUT2D eigenvalue weighted by molar-refractivity contribution is 6.16. The van der Waals surface area contributed by atoms with E-state index in [1.54, 1.807) is 0 Å². The first kappa shape index (κ1) is 30.0. The monoisotopic (exact) mass is 676 g/mol. The fourth-order valence-corrected chi connectivity index (χ4v) is 9.28. The number of hydrogen-bond acceptors (Lipinski definition) is 0. The predicted octanol–water partition coefficient (Wildman–Crippen LogP) is 13.5. The Morgan fingerprint density at radius 2 is 0.925 bits per heavy atom. The van der Waals surface area contributed by atoms with Crippen LogP contribution in [0.15, 0.2) is 182 Å². The first-order valence-corrected chi connectivity index (χ1v) is 18.5. The van der Waals surface area contributed by atoms with Crippen LogP contribution in [0.1, 0.15) is 25.0 Å². The number of benzene rings is 8. The third-order valence-electron chi connectivity index (χ3n) is 11.7. The molecule has 1 aliphatic carbocycles. The number of rotatable bonds is 4. The van der Waals surface area contributed by atoms with Gasteiger partial charge in [0.1, 0.15) is 0 Å². The third-order valence-corrected chi connectivity index (χ3v) is 11.7. The summed E-state index contributed by atoms with van der Waals surface area (Å²) in [6, 6.07) is 67.1. The van der Waals surface area contributed by atoms with Crippen LogP contribution in [-0.2, 0) is 5.41 Å². The average molecular weight is 677 g/mol. The Hall–Kier alpha value is -6.64. The molecule has 0 saturated carbocycles. The summed E-state index contributed by atoms with van der Waals surface area (Å²) in [7, 11) is 0. The van der Waals surface area contributed by atoms with E-state index in [9.17, 15) is 0 Å². The molecule has 2 aromatic heterocycles. The Kier molecular flexibility index (Phi) is 6.33. The van der Waals surface area contributed by atoms with E-state index in [1.165, 1.54) is 99.5 Å². The highest BCUT2D eigenvalue weighted by Crippen LogP contribution is 2.54. The van der Waals surface area contributed by atoms with Gasteiger partial charge in [-0.2, -0.15) is 0 Å². The summed E-state index contributed by atoms with van der Waals surface area (Å²) in [5.74, 6) is 0. The Bertz CT molecular complexity index is 3070. The highest BCUT2D eigenvalue weighted by Gasteiger charge is 2.38. The molecule has 1 aliphatic rings. The van der Waals surface area contributed by atoms with Crippen molar-refractivity contribution in [2.45, 2.75) is 19.3 Å². The molecule has 0 aliphatic heterocycles. The molecule has 0 atom stereocenters. The van der Waals surface area contributed by atoms with Gasteiger partial charge in [-0.3, -0.25) is 0 Å². The van der Waals surface area contributed by atoms with Crippen LogP contribution < -0.4 is 0 Å². The number of nitrogens with zero attached hydrogens (tertiary/aromatic N) is 2. The van der Waals surface area contributed by atoms with Gasteiger partial charge in [0.15, 0.2) is 0 Å². The summed E-state index contributed by atoms with van der Waals surface area (Å²) < 4.78 is 4.86. The molecule has 0 unspecified atom stereocenters. The van der Waals surface area contributed by atoms with Crippen molar-refractivity contribution < 1.29 is 0 Å². The Balaban J connectivity index is 1.23. The van der Waals surface area contributed by atoms with E-state index in [0.717, 1.165) is 0 Å². The van der Waals surface area contributed by atoms with Crippen molar-refractivity contribution >= 4 is 43.6 Å². The smallest absolute Gasteiger partial charge is 0.0619 e. The Labute approximate surface area is 308 Å². The number of hydrogen-bond donors (Lipinski definition) is 0. The molecule has 0 N–H and O–H groups in total. The van der Waals surface area contributed by atoms with Crippen LogP contribution >= 0.6 is 0 Å². The van der Waals surface area contributed by atoms with Crippen LogP contribution in [0, 0.1) is 0 Å². The molecule has 53 heavy (non-hydrogen) atoms. The van der Waals surface area contributed by atoms with E-state index in [0.29, 0.717) is 0 Å². The van der Waals surface area contributed by atoms with Gasteiger partial charge in [0, 0.05) is 43.9 Å². The second kappa shape index (κ2) is 11.2. The lowest BCUT2D eigenvalue weighted by Gasteiger charge is -2.23. The number of para-hydroxylation sites is 5. The number of aromatic nitrogens is 2. The van der Waals surface area contributed by atoms with Crippen LogP contribution in [0.25, 0.3) is 88.4 Å². The van der Waals surface area contributed by atoms with Gasteiger partial charge in [0.05, 0.1) is 22.1 Å². The van der Waals surface area contributed by atoms with Crippen molar-refractivity contribution in [2.24, 2.45) is 0 Å². The average Bonchev–Trinajstić information content (AvgIpc) is 3.81. The van der Waals surface area contributed by atoms with Crippen molar-refractivity contribution in [2.75, 3.05) is 0 Å². The van der Waals surface area contributed by atoms with Gasteiger partial charge in [-0.25, -0.2) is 0 Å². The van der Waals surface area contributed by atoms with E-state index in [4.69, 9.17) is 0 Å². The summed E-state index contributed by atoms with van der Waals surface area (Å²) in [5.41, 5.74) is 17.5. The summed E-state index contributed by atoms with van der Waals surface area (Å²) >= 11 is 0. The van der Waals surface area contributed by atoms with Crippen LogP contribution in [0.5, 0.6) is 0 Å². The molecular formula is C51H36N2. The quantitative estimate of drug-likeness (QED) is 0.176. The normalized spacial score (nSPS) is 13.2. The van der Waals surface area contributed by atoms with E-state index in [1.807, 2.05) is 0 Å². The van der Waals surface area contributed by atoms with Gasteiger partial charge in [0.2, 0.25) is 0 Å². The summed E-state index contributed by atoms with van der Waals surface area (Å²) in [6.45, 7) is 4.78. The molecule has 2 nitrogen and oxygen atoms in total. The molecule has 10 aromatic rings. The molecule has 11 rings (SSSR count). The fourth-order valence-electron chi connectivity index (χ4n) is 9.28. The molecule has 250 valence electrons. The van der Waals surface area contributed by atoms with Crippen LogP contribution in [-0.4, -0.2) is 9.13 Å². The second-order valence-corrected chi connectivity index (χ2v) is 14.9. The molecule has 0 fully saturated rings. The van der Waals surface area contributed by atoms with Gasteiger partial charge >= 0.3 is 0 Å². The first-order chi connectivity index (χ1) is 26.1. The van der Waals surface area contributed by atoms with Crippen LogP contribution in [0.3, 0.4) is 0 Å². The van der Waals surface area contributed by atoms with Gasteiger partial charge in [-0.1, -0.05) is 135 Å². The minimum atomic E-state index is -0.163. The summed E-state index contributed by atoms with van der Waals surface area (Å²) in [4.78, 5) is 0. The van der Waals surface area contributed by atoms with Gasteiger partial charge in [0.25, 0.3) is 0 Å². The fraction of sp³-hybridized carbons (Fsp3) is 0.0588. The largest absolute Gasteiger partial charge is 0.309 e. The Morgan fingerprint density at radius 3 is 1.68 bits per heavy atom. The van der Waals surface area contributed by atoms with E-state index >= 15 is 0 Å². The molecule has 2 heterocycles. The van der Waals surface area contributed by atoms with Gasteiger partial charge in [-0.05, 0) is 99.6 Å². The van der Waals surface area contributed by atoms with Crippen molar-refractivity contribution in [3.8, 4) is 44.8 Å². The standard InChI is InChI=1S/C51H36N2/c1-51(2)44-25-12-9-22-41(44)49-43(40-24-15-23-39-37-20-10-14-27-47(37)53(50(39)40)36-18-7-4-8-19-36)31-34(32-45(49)51)33-28-29-48-42(30-33)38-21-11-13-26-46(38)52(48)35-16-5-3-6-17-35/h3-32H,1-2H3. The predicted molar refractivity (Wildman–Crippen MR) is 224 cm³/mol. The maximum Gasteiger partial charge on any atom is 0.0619 e. The molecular weight excluding hydrogens is 641 g/mol. The van der Waals surface area contributed by atoms with Crippen molar-refractivity contribution in [3.63, 3.8) is 0 Å². The zero-order valence-electron chi connectivity index (χ0n) is 29.7. The minimum Gasteiger partial charge on any atom is -0.309 e. The Morgan fingerprint density at radius 1 is 0.358 bits per heavy atom. The zero-order chi connectivity index (χ0) is 35.3. The van der Waals surface area contributed by atoms with E-state index < -0.39 is 0 Å². The van der Waals surface area contributed by atoms with Crippen LogP contribution in [0.2, 0.25) is 0 Å². The van der Waals surface area contributed by atoms with Gasteiger partial charge < -0.3 is 9.13 Å². The molecule has 0 radical (unpaired) electrons. The summed E-state index contributed by atoms with van der Waals surface area (Å²) in [5, 5.41) is 5.06. The lowest BCUT2D eigenvalue weighted by atomic mass is 9.80. The lowest BCUT2D eigenvalue weighted by molar-refractivity contribution is 0.660. The number of fused-ring (bicyclic) bond motifs is 9. The van der Waals surface area contributed by atoms with E-state index in [2.05, 4.69) is 205 Å². The van der Waals surface area contributed by atoms with Crippen LogP contribution in [0.4, 0.5) is 0 Å². The second-order valence-electron chi connectivity index (χ2n) is 14.9. The maximum atomic E-state index is 2.48. The van der Waals surface area contributed by atoms with Gasteiger partial charge in [-0.15, -0.1) is 0 Å². The maximum absolute atomic E-state index is 2.48. The molecule has 0 bridgehead atoms. The molecule has 8 aromatic carbocycles. The molecule has 0 spiro atoms.